The third-order valence-electron chi connectivity index (χ3n) is 2.54. The molecule has 0 radical (unpaired) electrons. The minimum atomic E-state index is -0.110. The fourth-order valence-electron chi connectivity index (χ4n) is 1.79. The number of amides is 2. The van der Waals surface area contributed by atoms with Crippen molar-refractivity contribution in [2.75, 3.05) is 5.75 Å². The number of nitrogens with one attached hydrogen (secondary N) is 2. The van der Waals surface area contributed by atoms with Crippen molar-refractivity contribution in [2.45, 2.75) is 52.6 Å². The molecule has 0 aromatic carbocycles. The summed E-state index contributed by atoms with van der Waals surface area (Å²) in [6.07, 6.45) is 1.31. The van der Waals surface area contributed by atoms with Crippen LogP contribution in [0.2, 0.25) is 0 Å². The van der Waals surface area contributed by atoms with Gasteiger partial charge >= 0.3 is 0 Å². The summed E-state index contributed by atoms with van der Waals surface area (Å²) >= 11 is 1.20. The first-order valence-corrected chi connectivity index (χ1v) is 7.57. The molecule has 0 aliphatic carbocycles. The summed E-state index contributed by atoms with van der Waals surface area (Å²) in [5.74, 6) is 0.413. The van der Waals surface area contributed by atoms with Gasteiger partial charge in [-0.1, -0.05) is 18.3 Å². The molecule has 6 heteroatoms. The Labute approximate surface area is 125 Å². The second-order valence-corrected chi connectivity index (χ2v) is 6.01. The molecule has 0 saturated carbocycles. The molecule has 0 rings (SSSR count). The van der Waals surface area contributed by atoms with Gasteiger partial charge in [0.1, 0.15) is 0 Å². The number of carbonyl (C=O) groups excluding carboxylic acids is 3. The lowest BCUT2D eigenvalue weighted by Crippen LogP contribution is -2.40. The third kappa shape index (κ3) is 9.61. The lowest BCUT2D eigenvalue weighted by molar-refractivity contribution is -0.119. The van der Waals surface area contributed by atoms with Crippen LogP contribution < -0.4 is 10.6 Å². The van der Waals surface area contributed by atoms with Gasteiger partial charge < -0.3 is 10.6 Å². The molecule has 2 unspecified atom stereocenters. The van der Waals surface area contributed by atoms with E-state index in [1.54, 1.807) is 6.92 Å². The van der Waals surface area contributed by atoms with Crippen LogP contribution in [0, 0.1) is 0 Å². The Morgan fingerprint density at radius 2 is 1.65 bits per heavy atom. The van der Waals surface area contributed by atoms with Crippen molar-refractivity contribution < 1.29 is 14.4 Å². The van der Waals surface area contributed by atoms with Crippen LogP contribution in [-0.4, -0.2) is 34.8 Å². The van der Waals surface area contributed by atoms with Gasteiger partial charge in [-0.25, -0.2) is 0 Å². The summed E-state index contributed by atoms with van der Waals surface area (Å²) in [7, 11) is 0. The van der Waals surface area contributed by atoms with Crippen molar-refractivity contribution in [3.63, 3.8) is 0 Å². The monoisotopic (exact) mass is 300 g/mol. The first kappa shape index (κ1) is 18.7. The molecule has 0 aromatic heterocycles. The molecule has 0 spiro atoms. The topological polar surface area (TPSA) is 75.3 Å². The van der Waals surface area contributed by atoms with E-state index in [1.807, 2.05) is 6.92 Å². The van der Waals surface area contributed by atoms with Gasteiger partial charge in [-0.05, 0) is 32.3 Å². The molecule has 0 bridgehead atoms. The lowest BCUT2D eigenvalue weighted by atomic mass is 10.1. The SMILES string of the molecule is C=C(C)C(=O)SCCC(CC(C)NC(C)=O)NC(C)=O. The molecule has 0 fully saturated rings. The van der Waals surface area contributed by atoms with E-state index >= 15 is 0 Å². The molecule has 0 aliphatic rings. The molecule has 5 nitrogen and oxygen atoms in total. The van der Waals surface area contributed by atoms with Gasteiger partial charge in [-0.2, -0.15) is 0 Å². The van der Waals surface area contributed by atoms with Gasteiger partial charge in [0.2, 0.25) is 16.9 Å². The maximum absolute atomic E-state index is 11.4. The average molecular weight is 300 g/mol. The molecule has 2 atom stereocenters. The highest BCUT2D eigenvalue weighted by Gasteiger charge is 2.15. The fraction of sp³-hybridized carbons (Fsp3) is 0.643. The average Bonchev–Trinajstić information content (AvgIpc) is 2.26. The van der Waals surface area contributed by atoms with E-state index in [2.05, 4.69) is 17.2 Å². The molecule has 0 heterocycles. The van der Waals surface area contributed by atoms with Crippen LogP contribution in [0.25, 0.3) is 0 Å². The molecular weight excluding hydrogens is 276 g/mol. The summed E-state index contributed by atoms with van der Waals surface area (Å²) < 4.78 is 0. The quantitative estimate of drug-likeness (QED) is 0.668. The van der Waals surface area contributed by atoms with Crippen LogP contribution in [0.1, 0.15) is 40.5 Å². The van der Waals surface area contributed by atoms with Crippen LogP contribution in [0.5, 0.6) is 0 Å². The third-order valence-corrected chi connectivity index (χ3v) is 3.59. The molecule has 2 amide bonds. The second-order valence-electron chi connectivity index (χ2n) is 4.94. The summed E-state index contributed by atoms with van der Waals surface area (Å²) in [4.78, 5) is 33.6. The zero-order chi connectivity index (χ0) is 15.7. The zero-order valence-electron chi connectivity index (χ0n) is 12.6. The minimum Gasteiger partial charge on any atom is -0.354 e. The van der Waals surface area contributed by atoms with E-state index in [0.29, 0.717) is 24.2 Å². The van der Waals surface area contributed by atoms with Crippen LogP contribution >= 0.6 is 11.8 Å². The summed E-state index contributed by atoms with van der Waals surface area (Å²) in [5, 5.41) is 5.61. The Morgan fingerprint density at radius 1 is 1.10 bits per heavy atom. The van der Waals surface area contributed by atoms with Crippen LogP contribution in [0.3, 0.4) is 0 Å². The van der Waals surface area contributed by atoms with Crippen molar-refractivity contribution in [2.24, 2.45) is 0 Å². The molecule has 20 heavy (non-hydrogen) atoms. The minimum absolute atomic E-state index is 0.0220. The summed E-state index contributed by atoms with van der Waals surface area (Å²) in [6.45, 7) is 10.1. The van der Waals surface area contributed by atoms with E-state index in [4.69, 9.17) is 0 Å². The highest BCUT2D eigenvalue weighted by atomic mass is 32.2. The molecular formula is C14H24N2O3S. The van der Waals surface area contributed by atoms with Crippen molar-refractivity contribution in [3.05, 3.63) is 12.2 Å². The van der Waals surface area contributed by atoms with E-state index < -0.39 is 0 Å². The smallest absolute Gasteiger partial charge is 0.217 e. The number of thioether (sulfide) groups is 1. The lowest BCUT2D eigenvalue weighted by Gasteiger charge is -2.22. The Balaban J connectivity index is 4.27. The number of hydrogen-bond donors (Lipinski definition) is 2. The van der Waals surface area contributed by atoms with Crippen molar-refractivity contribution >= 4 is 28.7 Å². The van der Waals surface area contributed by atoms with Crippen LogP contribution in [-0.2, 0) is 14.4 Å². The van der Waals surface area contributed by atoms with E-state index in [-0.39, 0.29) is 29.0 Å². The van der Waals surface area contributed by atoms with Gasteiger partial charge in [0.15, 0.2) is 0 Å². The Morgan fingerprint density at radius 3 is 2.10 bits per heavy atom. The maximum Gasteiger partial charge on any atom is 0.217 e. The van der Waals surface area contributed by atoms with Gasteiger partial charge in [-0.15, -0.1) is 0 Å². The standard InChI is InChI=1S/C14H24N2O3S/c1-9(2)14(19)20-7-6-13(16-12(5)18)8-10(3)15-11(4)17/h10,13H,1,6-8H2,2-5H3,(H,15,17)(H,16,18). The van der Waals surface area contributed by atoms with Crippen molar-refractivity contribution in [1.29, 1.82) is 0 Å². The fourth-order valence-corrected chi connectivity index (χ4v) is 2.62. The molecule has 2 N–H and O–H groups in total. The maximum atomic E-state index is 11.4. The zero-order valence-corrected chi connectivity index (χ0v) is 13.4. The van der Waals surface area contributed by atoms with Crippen LogP contribution in [0.4, 0.5) is 0 Å². The first-order chi connectivity index (χ1) is 9.22. The van der Waals surface area contributed by atoms with Crippen molar-refractivity contribution in [3.8, 4) is 0 Å². The van der Waals surface area contributed by atoms with E-state index in [9.17, 15) is 14.4 Å². The van der Waals surface area contributed by atoms with E-state index in [0.717, 1.165) is 0 Å². The van der Waals surface area contributed by atoms with Gasteiger partial charge in [0.25, 0.3) is 0 Å². The number of carbonyl (C=O) groups is 3. The second kappa shape index (κ2) is 9.58. The Bertz CT molecular complexity index is 383. The number of hydrogen-bond acceptors (Lipinski definition) is 4. The molecule has 0 aliphatic heterocycles. The molecule has 114 valence electrons. The molecule has 0 saturated heterocycles. The van der Waals surface area contributed by atoms with Crippen molar-refractivity contribution in [1.82, 2.24) is 10.6 Å². The predicted molar refractivity (Wildman–Crippen MR) is 82.4 cm³/mol. The highest BCUT2D eigenvalue weighted by Crippen LogP contribution is 2.13. The van der Waals surface area contributed by atoms with E-state index in [1.165, 1.54) is 25.6 Å². The first-order valence-electron chi connectivity index (χ1n) is 6.59. The largest absolute Gasteiger partial charge is 0.354 e. The van der Waals surface area contributed by atoms with Gasteiger partial charge in [-0.3, -0.25) is 14.4 Å². The summed E-state index contributed by atoms with van der Waals surface area (Å²) in [5.41, 5.74) is 0.526. The van der Waals surface area contributed by atoms with Gasteiger partial charge in [0, 0.05) is 31.7 Å². The Kier molecular flexibility index (Phi) is 8.96. The predicted octanol–water partition coefficient (Wildman–Crippen LogP) is 1.63. The summed E-state index contributed by atoms with van der Waals surface area (Å²) in [6, 6.07) is -0.0778. The number of rotatable bonds is 8. The van der Waals surface area contributed by atoms with Gasteiger partial charge in [0.05, 0.1) is 0 Å². The molecule has 0 aromatic rings. The normalized spacial score (nSPS) is 13.2. The Hall–Kier alpha value is -1.30. The highest BCUT2D eigenvalue weighted by molar-refractivity contribution is 8.14. The van der Waals surface area contributed by atoms with Crippen LogP contribution in [0.15, 0.2) is 12.2 Å².